The van der Waals surface area contributed by atoms with Crippen LogP contribution in [-0.2, 0) is 4.74 Å². The van der Waals surface area contributed by atoms with Crippen molar-refractivity contribution >= 4 is 0 Å². The smallest absolute Gasteiger partial charge is 0.0594 e. The fourth-order valence-electron chi connectivity index (χ4n) is 2.71. The van der Waals surface area contributed by atoms with E-state index in [1.165, 1.54) is 19.3 Å². The summed E-state index contributed by atoms with van der Waals surface area (Å²) in [6.07, 6.45) is 4.30. The zero-order valence-corrected chi connectivity index (χ0v) is 10.1. The fraction of sp³-hybridized carbons (Fsp3) is 1.00. The molecule has 2 heteroatoms. The minimum absolute atomic E-state index is 0.474. The van der Waals surface area contributed by atoms with Gasteiger partial charge in [-0.25, -0.2) is 0 Å². The van der Waals surface area contributed by atoms with Crippen molar-refractivity contribution in [2.24, 2.45) is 11.3 Å². The number of hydrogen-bond acceptors (Lipinski definition) is 2. The van der Waals surface area contributed by atoms with Crippen molar-refractivity contribution < 1.29 is 4.74 Å². The Bertz CT molecular complexity index is 168. The Kier molecular flexibility index (Phi) is 4.39. The Morgan fingerprint density at radius 2 is 2.07 bits per heavy atom. The van der Waals surface area contributed by atoms with Crippen LogP contribution < -0.4 is 5.32 Å². The van der Waals surface area contributed by atoms with Crippen LogP contribution in [0.5, 0.6) is 0 Å². The summed E-state index contributed by atoms with van der Waals surface area (Å²) in [4.78, 5) is 0. The van der Waals surface area contributed by atoms with Gasteiger partial charge >= 0.3 is 0 Å². The SMILES string of the molecule is CNCCOC1CC(C)CC(C)(C)C1. The fourth-order valence-corrected chi connectivity index (χ4v) is 2.71. The van der Waals surface area contributed by atoms with E-state index in [4.69, 9.17) is 4.74 Å². The van der Waals surface area contributed by atoms with Gasteiger partial charge in [0.15, 0.2) is 0 Å². The van der Waals surface area contributed by atoms with Gasteiger partial charge in [0.1, 0.15) is 0 Å². The standard InChI is InChI=1S/C12H25NO/c1-10-7-11(14-6-5-13-4)9-12(2,3)8-10/h10-11,13H,5-9H2,1-4H3. The molecule has 2 atom stereocenters. The Morgan fingerprint density at radius 1 is 1.36 bits per heavy atom. The highest BCUT2D eigenvalue weighted by Gasteiger charge is 2.32. The van der Waals surface area contributed by atoms with Gasteiger partial charge in [0.05, 0.1) is 12.7 Å². The van der Waals surface area contributed by atoms with E-state index in [0.29, 0.717) is 11.5 Å². The number of likely N-dealkylation sites (N-methyl/N-ethyl adjacent to an activating group) is 1. The molecule has 0 aromatic rings. The Hall–Kier alpha value is -0.0800. The van der Waals surface area contributed by atoms with Crippen LogP contribution in [0, 0.1) is 11.3 Å². The first-order valence-corrected chi connectivity index (χ1v) is 5.80. The lowest BCUT2D eigenvalue weighted by atomic mass is 9.71. The summed E-state index contributed by atoms with van der Waals surface area (Å²) in [6.45, 7) is 8.87. The lowest BCUT2D eigenvalue weighted by Crippen LogP contribution is -2.33. The lowest BCUT2D eigenvalue weighted by molar-refractivity contribution is -0.0209. The van der Waals surface area contributed by atoms with Gasteiger partial charge in [-0.15, -0.1) is 0 Å². The Balaban J connectivity index is 2.30. The molecule has 0 aromatic carbocycles. The van der Waals surface area contributed by atoms with Crippen LogP contribution in [0.3, 0.4) is 0 Å². The zero-order valence-electron chi connectivity index (χ0n) is 10.1. The summed E-state index contributed by atoms with van der Waals surface area (Å²) in [7, 11) is 1.97. The molecule has 1 rings (SSSR count). The molecule has 0 aromatic heterocycles. The molecule has 0 saturated heterocycles. The van der Waals surface area contributed by atoms with Gasteiger partial charge in [-0.2, -0.15) is 0 Å². The molecule has 0 amide bonds. The molecule has 1 aliphatic rings. The van der Waals surface area contributed by atoms with Crippen molar-refractivity contribution in [2.45, 2.75) is 46.1 Å². The third kappa shape index (κ3) is 3.97. The minimum Gasteiger partial charge on any atom is -0.377 e. The van der Waals surface area contributed by atoms with Crippen LogP contribution in [-0.4, -0.2) is 26.3 Å². The van der Waals surface area contributed by atoms with Crippen LogP contribution in [0.1, 0.15) is 40.0 Å². The summed E-state index contributed by atoms with van der Waals surface area (Å²) < 4.78 is 5.87. The van der Waals surface area contributed by atoms with Gasteiger partial charge in [-0.05, 0) is 37.6 Å². The summed E-state index contributed by atoms with van der Waals surface area (Å²) >= 11 is 0. The molecule has 2 nitrogen and oxygen atoms in total. The number of nitrogens with one attached hydrogen (secondary N) is 1. The van der Waals surface area contributed by atoms with E-state index >= 15 is 0 Å². The van der Waals surface area contributed by atoms with E-state index in [-0.39, 0.29) is 0 Å². The molecule has 0 radical (unpaired) electrons. The maximum atomic E-state index is 5.87. The van der Waals surface area contributed by atoms with E-state index < -0.39 is 0 Å². The van der Waals surface area contributed by atoms with E-state index in [1.54, 1.807) is 0 Å². The summed E-state index contributed by atoms with van der Waals surface area (Å²) in [6, 6.07) is 0. The predicted molar refractivity (Wildman–Crippen MR) is 60.5 cm³/mol. The highest BCUT2D eigenvalue weighted by atomic mass is 16.5. The molecule has 0 heterocycles. The molecule has 14 heavy (non-hydrogen) atoms. The van der Waals surface area contributed by atoms with Gasteiger partial charge in [0.25, 0.3) is 0 Å². The molecule has 0 bridgehead atoms. The second kappa shape index (κ2) is 5.13. The van der Waals surface area contributed by atoms with Crippen molar-refractivity contribution in [2.75, 3.05) is 20.2 Å². The molecule has 2 unspecified atom stereocenters. The average molecular weight is 199 g/mol. The second-order valence-electron chi connectivity index (χ2n) is 5.51. The van der Waals surface area contributed by atoms with E-state index in [1.807, 2.05) is 7.05 Å². The first-order valence-electron chi connectivity index (χ1n) is 5.80. The van der Waals surface area contributed by atoms with E-state index in [9.17, 15) is 0 Å². The number of ether oxygens (including phenoxy) is 1. The average Bonchev–Trinajstić information content (AvgIpc) is 2.00. The summed E-state index contributed by atoms with van der Waals surface area (Å²) in [5.41, 5.74) is 0.474. The second-order valence-corrected chi connectivity index (χ2v) is 5.51. The topological polar surface area (TPSA) is 21.3 Å². The molecule has 0 spiro atoms. The van der Waals surface area contributed by atoms with Gasteiger partial charge in [0, 0.05) is 6.54 Å². The number of rotatable bonds is 4. The highest BCUT2D eigenvalue weighted by molar-refractivity contribution is 4.83. The highest BCUT2D eigenvalue weighted by Crippen LogP contribution is 2.39. The summed E-state index contributed by atoms with van der Waals surface area (Å²) in [5.74, 6) is 0.818. The molecule has 1 saturated carbocycles. The van der Waals surface area contributed by atoms with Crippen molar-refractivity contribution in [1.29, 1.82) is 0 Å². The van der Waals surface area contributed by atoms with Crippen molar-refractivity contribution in [3.05, 3.63) is 0 Å². The van der Waals surface area contributed by atoms with Crippen LogP contribution >= 0.6 is 0 Å². The van der Waals surface area contributed by atoms with Gasteiger partial charge in [-0.1, -0.05) is 20.8 Å². The lowest BCUT2D eigenvalue weighted by Gasteiger charge is -2.38. The monoisotopic (exact) mass is 199 g/mol. The largest absolute Gasteiger partial charge is 0.377 e. The van der Waals surface area contributed by atoms with Gasteiger partial charge in [-0.3, -0.25) is 0 Å². The van der Waals surface area contributed by atoms with Crippen LogP contribution in [0.4, 0.5) is 0 Å². The Labute approximate surface area is 88.4 Å². The minimum atomic E-state index is 0.474. The van der Waals surface area contributed by atoms with Crippen molar-refractivity contribution in [3.63, 3.8) is 0 Å². The van der Waals surface area contributed by atoms with E-state index in [0.717, 1.165) is 19.1 Å². The maximum absolute atomic E-state index is 5.87. The third-order valence-corrected chi connectivity index (χ3v) is 3.05. The van der Waals surface area contributed by atoms with Gasteiger partial charge < -0.3 is 10.1 Å². The zero-order chi connectivity index (χ0) is 10.6. The maximum Gasteiger partial charge on any atom is 0.0594 e. The van der Waals surface area contributed by atoms with Crippen LogP contribution in [0.2, 0.25) is 0 Å². The van der Waals surface area contributed by atoms with Gasteiger partial charge in [0.2, 0.25) is 0 Å². The molecule has 84 valence electrons. The predicted octanol–water partition coefficient (Wildman–Crippen LogP) is 2.44. The van der Waals surface area contributed by atoms with Crippen molar-refractivity contribution in [1.82, 2.24) is 5.32 Å². The normalized spacial score (nSPS) is 31.7. The van der Waals surface area contributed by atoms with Crippen LogP contribution in [0.15, 0.2) is 0 Å². The number of hydrogen-bond donors (Lipinski definition) is 1. The molecular formula is C12H25NO. The molecule has 1 fully saturated rings. The molecule has 0 aliphatic heterocycles. The molecule has 1 N–H and O–H groups in total. The first-order chi connectivity index (χ1) is 6.53. The summed E-state index contributed by atoms with van der Waals surface area (Å²) in [5, 5.41) is 3.11. The van der Waals surface area contributed by atoms with Crippen LogP contribution in [0.25, 0.3) is 0 Å². The quantitative estimate of drug-likeness (QED) is 0.702. The van der Waals surface area contributed by atoms with Crippen molar-refractivity contribution in [3.8, 4) is 0 Å². The molecule has 1 aliphatic carbocycles. The molecular weight excluding hydrogens is 174 g/mol. The first kappa shape index (κ1) is 12.0. The van der Waals surface area contributed by atoms with E-state index in [2.05, 4.69) is 26.1 Å². The third-order valence-electron chi connectivity index (χ3n) is 3.05. The Morgan fingerprint density at radius 3 is 2.64 bits per heavy atom.